The number of aryl methyl sites for hydroxylation is 2. The summed E-state index contributed by atoms with van der Waals surface area (Å²) in [4.78, 5) is 20.0. The zero-order valence-corrected chi connectivity index (χ0v) is 15.6. The molecule has 0 aromatic carbocycles. The van der Waals surface area contributed by atoms with Gasteiger partial charge in [0.2, 0.25) is 0 Å². The van der Waals surface area contributed by atoms with Crippen molar-refractivity contribution in [2.45, 2.75) is 43.2 Å². The second-order valence-electron chi connectivity index (χ2n) is 6.18. The molecule has 1 aliphatic heterocycles. The van der Waals surface area contributed by atoms with Crippen molar-refractivity contribution >= 4 is 33.3 Å². The van der Waals surface area contributed by atoms with Crippen LogP contribution in [0.15, 0.2) is 34.4 Å². The number of rotatable bonds is 4. The van der Waals surface area contributed by atoms with Gasteiger partial charge in [-0.3, -0.25) is 9.88 Å². The Bertz CT molecular complexity index is 854. The van der Waals surface area contributed by atoms with Crippen molar-refractivity contribution in [3.05, 3.63) is 40.8 Å². The van der Waals surface area contributed by atoms with Gasteiger partial charge in [-0.15, -0.1) is 11.3 Å². The van der Waals surface area contributed by atoms with Gasteiger partial charge in [0.15, 0.2) is 0 Å². The smallest absolute Gasteiger partial charge is 0.145 e. The van der Waals surface area contributed by atoms with Crippen LogP contribution >= 0.6 is 23.1 Å². The fraction of sp³-hybridized carbons (Fsp3) is 0.389. The maximum absolute atomic E-state index is 4.93. The summed E-state index contributed by atoms with van der Waals surface area (Å²) in [5.74, 6) is 0.946. The summed E-state index contributed by atoms with van der Waals surface area (Å²) in [6.07, 6.45) is 6.24. The summed E-state index contributed by atoms with van der Waals surface area (Å²) in [6, 6.07) is 4.07. The van der Waals surface area contributed by atoms with Gasteiger partial charge in [0, 0.05) is 27.6 Å². The molecule has 6 heteroatoms. The Morgan fingerprint density at radius 1 is 1.12 bits per heavy atom. The normalized spacial score (nSPS) is 15.4. The first-order valence-corrected chi connectivity index (χ1v) is 9.91. The highest BCUT2D eigenvalue weighted by molar-refractivity contribution is 7.99. The van der Waals surface area contributed by atoms with Crippen molar-refractivity contribution in [2.24, 2.45) is 0 Å². The third-order valence-electron chi connectivity index (χ3n) is 4.47. The Morgan fingerprint density at radius 2 is 1.88 bits per heavy atom. The lowest BCUT2D eigenvalue weighted by Gasteiger charge is -2.14. The number of fused-ring (bicyclic) bond motifs is 1. The SMILES string of the molecule is Cc1sc2nc(CN3CCCC3)nc(Sc3ccncc3)c2c1C. The molecule has 0 saturated carbocycles. The molecule has 0 aliphatic carbocycles. The lowest BCUT2D eigenvalue weighted by molar-refractivity contribution is 0.322. The van der Waals surface area contributed by atoms with E-state index in [4.69, 9.17) is 9.97 Å². The molecule has 4 nitrogen and oxygen atoms in total. The fourth-order valence-electron chi connectivity index (χ4n) is 3.06. The van der Waals surface area contributed by atoms with Gasteiger partial charge in [-0.25, -0.2) is 9.97 Å². The van der Waals surface area contributed by atoms with Gasteiger partial charge in [0.25, 0.3) is 0 Å². The van der Waals surface area contributed by atoms with Gasteiger partial charge < -0.3 is 0 Å². The first kappa shape index (κ1) is 16.0. The van der Waals surface area contributed by atoms with Gasteiger partial charge >= 0.3 is 0 Å². The standard InChI is InChI=1S/C18H20N4S2/c1-12-13(2)23-17-16(12)18(24-14-5-7-19-8-6-14)21-15(20-17)11-22-9-3-4-10-22/h5-8H,3-4,9-11H2,1-2H3. The van der Waals surface area contributed by atoms with E-state index in [1.807, 2.05) is 24.5 Å². The van der Waals surface area contributed by atoms with Gasteiger partial charge in [-0.1, -0.05) is 11.8 Å². The molecule has 1 aliphatic rings. The average molecular weight is 357 g/mol. The predicted octanol–water partition coefficient (Wildman–Crippen LogP) is 4.45. The van der Waals surface area contributed by atoms with E-state index in [9.17, 15) is 0 Å². The van der Waals surface area contributed by atoms with Crippen molar-refractivity contribution in [1.82, 2.24) is 19.9 Å². The second kappa shape index (κ2) is 6.78. The van der Waals surface area contributed by atoms with E-state index in [-0.39, 0.29) is 0 Å². The van der Waals surface area contributed by atoms with Crippen molar-refractivity contribution in [1.29, 1.82) is 0 Å². The minimum atomic E-state index is 0.857. The lowest BCUT2D eigenvalue weighted by atomic mass is 10.2. The molecule has 0 atom stereocenters. The maximum Gasteiger partial charge on any atom is 0.145 e. The molecule has 1 saturated heterocycles. The first-order chi connectivity index (χ1) is 11.7. The highest BCUT2D eigenvalue weighted by Crippen LogP contribution is 2.38. The van der Waals surface area contributed by atoms with E-state index < -0.39 is 0 Å². The van der Waals surface area contributed by atoms with Gasteiger partial charge in [0.05, 0.1) is 6.54 Å². The molecule has 0 spiro atoms. The van der Waals surface area contributed by atoms with E-state index in [2.05, 4.69) is 23.7 Å². The number of hydrogen-bond acceptors (Lipinski definition) is 6. The van der Waals surface area contributed by atoms with Gasteiger partial charge in [-0.05, 0) is 57.5 Å². The summed E-state index contributed by atoms with van der Waals surface area (Å²) in [6.45, 7) is 7.53. The maximum atomic E-state index is 4.93. The van der Waals surface area contributed by atoms with E-state index in [1.165, 1.54) is 33.6 Å². The molecule has 0 bridgehead atoms. The van der Waals surface area contributed by atoms with Crippen LogP contribution in [0.1, 0.15) is 29.1 Å². The largest absolute Gasteiger partial charge is 0.296 e. The number of aromatic nitrogens is 3. The second-order valence-corrected chi connectivity index (χ2v) is 8.44. The minimum absolute atomic E-state index is 0.857. The molecular weight excluding hydrogens is 336 g/mol. The molecule has 0 N–H and O–H groups in total. The predicted molar refractivity (Wildman–Crippen MR) is 99.8 cm³/mol. The Hall–Kier alpha value is -1.50. The highest BCUT2D eigenvalue weighted by Gasteiger charge is 2.18. The molecule has 124 valence electrons. The van der Waals surface area contributed by atoms with Crippen LogP contribution in [0.4, 0.5) is 0 Å². The molecule has 0 radical (unpaired) electrons. The van der Waals surface area contributed by atoms with Crippen molar-refractivity contribution in [3.63, 3.8) is 0 Å². The third kappa shape index (κ3) is 3.18. The molecule has 4 heterocycles. The molecular formula is C18H20N4S2. The van der Waals surface area contributed by atoms with Crippen LogP contribution in [0.2, 0.25) is 0 Å². The molecule has 3 aromatic rings. The average Bonchev–Trinajstić information content (AvgIpc) is 3.17. The van der Waals surface area contributed by atoms with Gasteiger partial charge in [-0.2, -0.15) is 0 Å². The Labute approximate surface area is 150 Å². The van der Waals surface area contributed by atoms with Crippen LogP contribution in [-0.2, 0) is 6.54 Å². The summed E-state index contributed by atoms with van der Waals surface area (Å²) in [5.41, 5.74) is 1.30. The van der Waals surface area contributed by atoms with Crippen LogP contribution in [0.3, 0.4) is 0 Å². The number of nitrogens with zero attached hydrogens (tertiary/aromatic N) is 4. The van der Waals surface area contributed by atoms with E-state index >= 15 is 0 Å². The number of pyridine rings is 1. The Balaban J connectivity index is 1.76. The highest BCUT2D eigenvalue weighted by atomic mass is 32.2. The lowest BCUT2D eigenvalue weighted by Crippen LogP contribution is -2.20. The minimum Gasteiger partial charge on any atom is -0.296 e. The zero-order chi connectivity index (χ0) is 16.5. The summed E-state index contributed by atoms with van der Waals surface area (Å²) >= 11 is 3.49. The van der Waals surface area contributed by atoms with Crippen molar-refractivity contribution in [3.8, 4) is 0 Å². The van der Waals surface area contributed by atoms with Crippen LogP contribution < -0.4 is 0 Å². The topological polar surface area (TPSA) is 41.9 Å². The summed E-state index contributed by atoms with van der Waals surface area (Å²) in [5, 5.41) is 2.28. The van der Waals surface area contributed by atoms with Crippen LogP contribution in [0, 0.1) is 13.8 Å². The van der Waals surface area contributed by atoms with E-state index in [1.54, 1.807) is 23.1 Å². The first-order valence-electron chi connectivity index (χ1n) is 8.27. The van der Waals surface area contributed by atoms with Crippen LogP contribution in [0.25, 0.3) is 10.2 Å². The van der Waals surface area contributed by atoms with Crippen LogP contribution in [-0.4, -0.2) is 32.9 Å². The van der Waals surface area contributed by atoms with Crippen molar-refractivity contribution in [2.75, 3.05) is 13.1 Å². The molecule has 24 heavy (non-hydrogen) atoms. The summed E-state index contributed by atoms with van der Waals surface area (Å²) < 4.78 is 0. The molecule has 1 fully saturated rings. The van der Waals surface area contributed by atoms with Crippen LogP contribution in [0.5, 0.6) is 0 Å². The Morgan fingerprint density at radius 3 is 2.62 bits per heavy atom. The molecule has 0 unspecified atom stereocenters. The number of hydrogen-bond donors (Lipinski definition) is 0. The summed E-state index contributed by atoms with van der Waals surface area (Å²) in [7, 11) is 0. The number of thiophene rings is 1. The quantitative estimate of drug-likeness (QED) is 0.646. The number of likely N-dealkylation sites (tertiary alicyclic amines) is 1. The zero-order valence-electron chi connectivity index (χ0n) is 14.0. The fourth-order valence-corrected chi connectivity index (χ4v) is 5.15. The van der Waals surface area contributed by atoms with Crippen molar-refractivity contribution < 1.29 is 0 Å². The molecule has 3 aromatic heterocycles. The third-order valence-corrected chi connectivity index (χ3v) is 6.57. The molecule has 0 amide bonds. The monoisotopic (exact) mass is 356 g/mol. The van der Waals surface area contributed by atoms with Gasteiger partial charge in [0.1, 0.15) is 15.7 Å². The molecule has 4 rings (SSSR count). The Kier molecular flexibility index (Phi) is 4.52. The van der Waals surface area contributed by atoms with E-state index in [0.717, 1.165) is 35.3 Å². The van der Waals surface area contributed by atoms with E-state index in [0.29, 0.717) is 0 Å².